The van der Waals surface area contributed by atoms with Gasteiger partial charge in [-0.3, -0.25) is 20.4 Å². The topological polar surface area (TPSA) is 318 Å². The van der Waals surface area contributed by atoms with Gasteiger partial charge in [0.1, 0.15) is 19.8 Å². The zero-order valence-electron chi connectivity index (χ0n) is 80.7. The molecule has 5 amide bonds. The van der Waals surface area contributed by atoms with Gasteiger partial charge >= 0.3 is 18.3 Å². The van der Waals surface area contributed by atoms with Crippen LogP contribution in [0, 0.1) is 10.8 Å². The zero-order valence-corrected chi connectivity index (χ0v) is 81.5. The summed E-state index contributed by atoms with van der Waals surface area (Å²) in [5.74, 6) is 3.27. The molecule has 0 radical (unpaired) electrons. The van der Waals surface area contributed by atoms with Crippen molar-refractivity contribution in [3.8, 4) is 0 Å². The second-order valence-electron chi connectivity index (χ2n) is 33.0. The van der Waals surface area contributed by atoms with Gasteiger partial charge in [-0.05, 0) is 226 Å². The Labute approximate surface area is 858 Å². The molecular weight excluding hydrogens is 1770 g/mol. The Bertz CT molecular complexity index is 3960. The van der Waals surface area contributed by atoms with Gasteiger partial charge in [-0.15, -0.1) is 0 Å². The van der Waals surface area contributed by atoms with E-state index < -0.39 is 23.7 Å². The van der Waals surface area contributed by atoms with Gasteiger partial charge in [-0.2, -0.15) is 0 Å². The monoisotopic (exact) mass is 1970 g/mol. The number of hydrogen-bond donors (Lipinski definition) is 9. The number of anilines is 4. The first-order valence-electron chi connectivity index (χ1n) is 47.2. The summed E-state index contributed by atoms with van der Waals surface area (Å²) in [5, 5.41) is 25.0. The Morgan fingerprint density at radius 1 is 0.400 bits per heavy atom. The molecular formula is C116H197N11O12S. The lowest BCUT2D eigenvalue weighted by Gasteiger charge is -2.32. The molecule has 1 aliphatic carbocycles. The number of amides is 5. The van der Waals surface area contributed by atoms with Crippen molar-refractivity contribution in [1.29, 1.82) is 0 Å². The average molecular weight is 1970 g/mol. The van der Waals surface area contributed by atoms with Gasteiger partial charge in [-0.25, -0.2) is 43.7 Å². The van der Waals surface area contributed by atoms with E-state index >= 15 is 0 Å². The van der Waals surface area contributed by atoms with E-state index in [0.29, 0.717) is 109 Å². The number of aliphatic hydroxyl groups is 1. The highest BCUT2D eigenvalue weighted by Crippen LogP contribution is 2.38. The molecule has 1 aliphatic rings. The lowest BCUT2D eigenvalue weighted by Crippen LogP contribution is -2.42. The van der Waals surface area contributed by atoms with E-state index in [1.165, 1.54) is 117 Å². The van der Waals surface area contributed by atoms with Gasteiger partial charge in [0.2, 0.25) is 24.6 Å². The summed E-state index contributed by atoms with van der Waals surface area (Å²) in [6, 6.07) is 64.6. The number of aliphatic imine (C=N–C) groups is 3. The van der Waals surface area contributed by atoms with E-state index in [4.69, 9.17) is 31.5 Å². The third kappa shape index (κ3) is 74.0. The molecule has 7 aromatic carbocycles. The van der Waals surface area contributed by atoms with Gasteiger partial charge in [0.25, 0.3) is 5.91 Å². The van der Waals surface area contributed by atoms with Crippen LogP contribution in [0.25, 0.3) is 0 Å². The number of carbonyl (C=O) groups is 5. The number of hydrogen-bond acceptors (Lipinski definition) is 17. The molecule has 1 saturated carbocycles. The number of para-hydroxylation sites is 1. The number of unbranched alkanes of at least 4 members (excludes halogenated alkanes) is 9. The predicted octanol–water partition coefficient (Wildman–Crippen LogP) is 32.1. The van der Waals surface area contributed by atoms with Crippen LogP contribution >= 0.6 is 12.2 Å². The fourth-order valence-corrected chi connectivity index (χ4v) is 13.1. The largest absolute Gasteiger partial charge is 0.449 e. The minimum absolute atomic E-state index is 0. The number of ether oxygens (including phenoxy) is 3. The maximum Gasteiger partial charge on any atom is 0.407 e. The minimum atomic E-state index is -0.969. The fraction of sp³-hybridized carbons (Fsp3) is 0.560. The fourth-order valence-electron chi connectivity index (χ4n) is 12.9. The molecule has 0 bridgehead atoms. The van der Waals surface area contributed by atoms with E-state index in [1.54, 1.807) is 49.4 Å². The van der Waals surface area contributed by atoms with E-state index in [1.807, 2.05) is 43.3 Å². The number of carbonyl (C=O) groups excluding carboxylic acids is 8. The second-order valence-corrected chi connectivity index (χ2v) is 33.4. The first-order valence-corrected chi connectivity index (χ1v) is 47.7. The first-order chi connectivity index (χ1) is 63.0. The number of hydrazine groups is 1. The van der Waals surface area contributed by atoms with Crippen molar-refractivity contribution in [1.82, 2.24) is 21.4 Å². The molecule has 1 fully saturated rings. The average Bonchev–Trinajstić information content (AvgIpc) is 0.789. The van der Waals surface area contributed by atoms with E-state index in [2.05, 4.69) is 256 Å². The van der Waals surface area contributed by atoms with Crippen LogP contribution in [-0.4, -0.2) is 125 Å². The molecule has 9 N–H and O–H groups in total. The smallest absolute Gasteiger partial charge is 0.407 e. The summed E-state index contributed by atoms with van der Waals surface area (Å²) in [6.45, 7) is 33.1. The second kappa shape index (κ2) is 98.1. The summed E-state index contributed by atoms with van der Waals surface area (Å²) in [6.07, 6.45) is 28.1. The molecule has 0 spiro atoms. The van der Waals surface area contributed by atoms with Gasteiger partial charge in [0.05, 0.1) is 30.7 Å². The zero-order chi connectivity index (χ0) is 95.9. The van der Waals surface area contributed by atoms with E-state index in [0.717, 1.165) is 88.2 Å². The number of rotatable bonds is 46. The number of isocyanates is 3. The Kier molecular flexibility index (Phi) is 104. The third-order valence-electron chi connectivity index (χ3n) is 22.9. The van der Waals surface area contributed by atoms with Gasteiger partial charge in [-0.1, -0.05) is 368 Å². The molecule has 23 nitrogen and oxygen atoms in total. The first kappa shape index (κ1) is 149. The molecule has 0 saturated heterocycles. The number of benzene rings is 7. The Morgan fingerprint density at radius 2 is 0.693 bits per heavy atom. The standard InChI is InChI=1S/C30H50N6O9.C21H19N5O2S.C14H22.3C10H14.C9H18.C2H6O.10CH4/c1-2-30(21-43-27(40)34-18-12-6-3-9-15-31-24-37,22-44-28(41)35-19-13-7-4-10-16-32-25-38)23-45-29(42)36-20-14-8-5-11-17-33-26-39;27-14-22-26-18-11-9-17(10-12-18)23-20(28)15-5-4-8-19(13-15)25-21(29)24-16-6-2-1-3-7-16;1-5-11(3)13-7-9-14(10-8-13)12(4)6-2;3*1-3-9(2)10-7-5-4-6-8-10;1-3-9(2)7-5-4-6-8-9;1-2-3;;;;;;;;;;/h2-23H2,1H3,(H,34,40)(H,35,41)(H,36,42);1-14,26H,(H,22,27)(H,23,28)(H2,24,25,29);7-12H,5-6H2,1-4H3;3*4-9H,3H2,1-2H3;3-8H2,1-2H3;3H,2H2,1H3;10*1H4. The molecule has 5 unspecified atom stereocenters. The predicted molar refractivity (Wildman–Crippen MR) is 606 cm³/mol. The summed E-state index contributed by atoms with van der Waals surface area (Å²) in [4.78, 5) is 101. The van der Waals surface area contributed by atoms with Crippen molar-refractivity contribution in [3.63, 3.8) is 0 Å². The number of nitrogens with one attached hydrogen (secondary N) is 8. The molecule has 24 heteroatoms. The Hall–Kier alpha value is -11.1. The molecule has 794 valence electrons. The summed E-state index contributed by atoms with van der Waals surface area (Å²) in [7, 11) is 0. The van der Waals surface area contributed by atoms with Crippen LogP contribution in [0.1, 0.15) is 393 Å². The van der Waals surface area contributed by atoms with Crippen molar-refractivity contribution in [3.05, 3.63) is 228 Å². The SMILES string of the molecule is C.C.C.C.C.C.C.C.C.C.CCC(C)c1ccc(C(C)CC)cc1.CCC(C)c1ccccc1.CCC(C)c1ccccc1.CCC(C)c1ccccc1.CCC(COC(=O)NCCCCCCN=C=O)(COC(=O)NCCCCCCN=C=O)COC(=O)NCCCCCCN=C=O.CCC1(C)CCCCC1.CCO.O=CNNc1ccc(NC(=O)c2cccc(NC(=S)Nc3ccccc3)c2)cc1. The summed E-state index contributed by atoms with van der Waals surface area (Å²) < 4.78 is 16.3. The van der Waals surface area contributed by atoms with Crippen molar-refractivity contribution < 1.29 is 57.7 Å². The molecule has 8 rings (SSSR count). The molecule has 5 atom stereocenters. The molecule has 0 aromatic heterocycles. The highest BCUT2D eigenvalue weighted by atomic mass is 32.1. The van der Waals surface area contributed by atoms with E-state index in [9.17, 15) is 38.4 Å². The van der Waals surface area contributed by atoms with Crippen molar-refractivity contribution >= 4 is 88.9 Å². The Morgan fingerprint density at radius 3 is 0.993 bits per heavy atom. The van der Waals surface area contributed by atoms with Crippen LogP contribution in [0.15, 0.2) is 209 Å². The lowest BCUT2D eigenvalue weighted by atomic mass is 9.74. The van der Waals surface area contributed by atoms with Crippen LogP contribution in [0.4, 0.5) is 37.1 Å². The molecule has 7 aromatic rings. The number of alkyl carbamates (subject to hydrolysis) is 3. The van der Waals surface area contributed by atoms with Gasteiger partial charge in [0, 0.05) is 48.9 Å². The van der Waals surface area contributed by atoms with Crippen LogP contribution in [0.5, 0.6) is 0 Å². The summed E-state index contributed by atoms with van der Waals surface area (Å²) in [5.41, 5.74) is 15.5. The number of aliphatic hydroxyl groups excluding tert-OH is 1. The van der Waals surface area contributed by atoms with Crippen LogP contribution in [0.2, 0.25) is 0 Å². The highest BCUT2D eigenvalue weighted by Gasteiger charge is 2.35. The Balaban J connectivity index is -0.000000190. The molecule has 0 heterocycles. The van der Waals surface area contributed by atoms with Gasteiger partial charge in [0.15, 0.2) is 5.11 Å². The minimum Gasteiger partial charge on any atom is -0.449 e. The normalized spacial score (nSPS) is 11.8. The van der Waals surface area contributed by atoms with Crippen LogP contribution in [-0.2, 0) is 33.4 Å². The maximum absolute atomic E-state index is 12.5. The number of thiocarbonyl (C=S) groups is 1. The van der Waals surface area contributed by atoms with Crippen LogP contribution < -0.4 is 42.8 Å². The molecule has 140 heavy (non-hydrogen) atoms. The third-order valence-corrected chi connectivity index (χ3v) is 23.1. The lowest BCUT2D eigenvalue weighted by molar-refractivity contribution is -0.109. The molecule has 0 aliphatic heterocycles. The van der Waals surface area contributed by atoms with Crippen molar-refractivity contribution in [2.75, 3.05) is 87.1 Å². The summed E-state index contributed by atoms with van der Waals surface area (Å²) >= 11 is 5.32. The van der Waals surface area contributed by atoms with Crippen LogP contribution in [0.3, 0.4) is 0 Å². The quantitative estimate of drug-likeness (QED) is 0.00326. The highest BCUT2D eigenvalue weighted by molar-refractivity contribution is 7.80. The van der Waals surface area contributed by atoms with E-state index in [-0.39, 0.29) is 107 Å². The van der Waals surface area contributed by atoms with Crippen molar-refractivity contribution in [2.24, 2.45) is 25.8 Å². The van der Waals surface area contributed by atoms with Crippen molar-refractivity contribution in [2.45, 2.75) is 355 Å². The van der Waals surface area contributed by atoms with Gasteiger partial charge < -0.3 is 51.2 Å². The maximum atomic E-state index is 12.5. The number of nitrogens with zero attached hydrogens (tertiary/aromatic N) is 3.